The molecule has 0 radical (unpaired) electrons. The quantitative estimate of drug-likeness (QED) is 0.726. The van der Waals surface area contributed by atoms with Crippen molar-refractivity contribution in [1.82, 2.24) is 5.32 Å². The smallest absolute Gasteiger partial charge is 0.224 e. The molecule has 3 N–H and O–H groups in total. The third kappa shape index (κ3) is 3.20. The summed E-state index contributed by atoms with van der Waals surface area (Å²) in [6, 6.07) is 0.319. The molecule has 0 bridgehead atoms. The molecule has 0 saturated heterocycles. The molecule has 0 aromatic heterocycles. The van der Waals surface area contributed by atoms with Crippen LogP contribution < -0.4 is 11.1 Å². The SMILES string of the molecule is CC(C)C(CN)C(=O)NC(C)C1CCC1. The third-order valence-corrected chi connectivity index (χ3v) is 3.62. The molecule has 1 aliphatic carbocycles. The van der Waals surface area contributed by atoms with Crippen LogP contribution in [0.15, 0.2) is 0 Å². The maximum absolute atomic E-state index is 11.9. The molecule has 2 atom stereocenters. The van der Waals surface area contributed by atoms with Gasteiger partial charge in [-0.1, -0.05) is 20.3 Å². The van der Waals surface area contributed by atoms with Crippen LogP contribution in [-0.4, -0.2) is 18.5 Å². The second-order valence-corrected chi connectivity index (χ2v) is 5.07. The molecule has 0 spiro atoms. The lowest BCUT2D eigenvalue weighted by Crippen LogP contribution is -2.46. The first kappa shape index (κ1) is 12.5. The number of rotatable bonds is 5. The van der Waals surface area contributed by atoms with Crippen molar-refractivity contribution in [3.8, 4) is 0 Å². The molecule has 1 rings (SSSR count). The van der Waals surface area contributed by atoms with Gasteiger partial charge in [0, 0.05) is 12.6 Å². The Kier molecular flexibility index (Phi) is 4.58. The molecule has 0 aromatic carbocycles. The van der Waals surface area contributed by atoms with E-state index in [2.05, 4.69) is 12.2 Å². The molecule has 1 amide bonds. The molecule has 0 aliphatic heterocycles. The second-order valence-electron chi connectivity index (χ2n) is 5.07. The Morgan fingerprint density at radius 2 is 2.00 bits per heavy atom. The lowest BCUT2D eigenvalue weighted by molar-refractivity contribution is -0.127. The van der Waals surface area contributed by atoms with Crippen LogP contribution in [0.5, 0.6) is 0 Å². The summed E-state index contributed by atoms with van der Waals surface area (Å²) in [5.41, 5.74) is 5.61. The van der Waals surface area contributed by atoms with E-state index in [0.29, 0.717) is 24.4 Å². The van der Waals surface area contributed by atoms with E-state index in [1.54, 1.807) is 0 Å². The summed E-state index contributed by atoms with van der Waals surface area (Å²) in [4.78, 5) is 11.9. The highest BCUT2D eigenvalue weighted by atomic mass is 16.2. The lowest BCUT2D eigenvalue weighted by Gasteiger charge is -2.33. The van der Waals surface area contributed by atoms with Crippen LogP contribution in [0.2, 0.25) is 0 Å². The Hall–Kier alpha value is -0.570. The van der Waals surface area contributed by atoms with Gasteiger partial charge in [-0.3, -0.25) is 4.79 Å². The molecule has 0 heterocycles. The van der Waals surface area contributed by atoms with E-state index in [-0.39, 0.29) is 11.8 Å². The number of carbonyl (C=O) groups is 1. The predicted octanol–water partition coefficient (Wildman–Crippen LogP) is 1.52. The minimum Gasteiger partial charge on any atom is -0.353 e. The van der Waals surface area contributed by atoms with Crippen LogP contribution in [-0.2, 0) is 4.79 Å². The van der Waals surface area contributed by atoms with E-state index in [9.17, 15) is 4.79 Å². The van der Waals surface area contributed by atoms with Crippen molar-refractivity contribution in [2.75, 3.05) is 6.54 Å². The first-order valence-electron chi connectivity index (χ1n) is 6.06. The van der Waals surface area contributed by atoms with Gasteiger partial charge in [-0.05, 0) is 31.6 Å². The first-order chi connectivity index (χ1) is 7.06. The molecular weight excluding hydrogens is 188 g/mol. The highest BCUT2D eigenvalue weighted by Crippen LogP contribution is 2.29. The van der Waals surface area contributed by atoms with Crippen molar-refractivity contribution in [3.05, 3.63) is 0 Å². The van der Waals surface area contributed by atoms with Crippen molar-refractivity contribution in [2.24, 2.45) is 23.5 Å². The number of nitrogens with two attached hydrogens (primary N) is 1. The number of nitrogens with one attached hydrogen (secondary N) is 1. The highest BCUT2D eigenvalue weighted by molar-refractivity contribution is 5.79. The van der Waals surface area contributed by atoms with Crippen molar-refractivity contribution in [2.45, 2.75) is 46.1 Å². The Bertz CT molecular complexity index is 212. The van der Waals surface area contributed by atoms with Crippen molar-refractivity contribution in [3.63, 3.8) is 0 Å². The van der Waals surface area contributed by atoms with E-state index < -0.39 is 0 Å². The molecule has 1 fully saturated rings. The van der Waals surface area contributed by atoms with Crippen molar-refractivity contribution in [1.29, 1.82) is 0 Å². The Morgan fingerprint density at radius 3 is 2.33 bits per heavy atom. The number of hydrogen-bond acceptors (Lipinski definition) is 2. The van der Waals surface area contributed by atoms with Gasteiger partial charge in [-0.15, -0.1) is 0 Å². The topological polar surface area (TPSA) is 55.1 Å². The summed E-state index contributed by atoms with van der Waals surface area (Å²) in [6.07, 6.45) is 3.84. The fourth-order valence-corrected chi connectivity index (χ4v) is 2.07. The number of amides is 1. The summed E-state index contributed by atoms with van der Waals surface area (Å²) in [7, 11) is 0. The average Bonchev–Trinajstić information content (AvgIpc) is 1.99. The minimum atomic E-state index is -0.0347. The van der Waals surface area contributed by atoms with E-state index in [1.165, 1.54) is 19.3 Å². The fraction of sp³-hybridized carbons (Fsp3) is 0.917. The first-order valence-corrected chi connectivity index (χ1v) is 6.06. The van der Waals surface area contributed by atoms with Gasteiger partial charge < -0.3 is 11.1 Å². The predicted molar refractivity (Wildman–Crippen MR) is 62.3 cm³/mol. The summed E-state index contributed by atoms with van der Waals surface area (Å²) in [5.74, 6) is 1.11. The van der Waals surface area contributed by atoms with Gasteiger partial charge in [0.2, 0.25) is 5.91 Å². The molecule has 3 nitrogen and oxygen atoms in total. The number of carbonyl (C=O) groups excluding carboxylic acids is 1. The van der Waals surface area contributed by atoms with Gasteiger partial charge in [0.25, 0.3) is 0 Å². The zero-order chi connectivity index (χ0) is 11.4. The zero-order valence-corrected chi connectivity index (χ0v) is 10.1. The molecule has 0 aromatic rings. The fourth-order valence-electron chi connectivity index (χ4n) is 2.07. The third-order valence-electron chi connectivity index (χ3n) is 3.62. The van der Waals surface area contributed by atoms with Crippen LogP contribution >= 0.6 is 0 Å². The van der Waals surface area contributed by atoms with Crippen LogP contribution in [0, 0.1) is 17.8 Å². The van der Waals surface area contributed by atoms with Gasteiger partial charge in [0.1, 0.15) is 0 Å². The standard InChI is InChI=1S/C12H24N2O/c1-8(2)11(7-13)12(15)14-9(3)10-5-4-6-10/h8-11H,4-7,13H2,1-3H3,(H,14,15). The molecule has 88 valence electrons. The largest absolute Gasteiger partial charge is 0.353 e. The van der Waals surface area contributed by atoms with Crippen LogP contribution in [0.25, 0.3) is 0 Å². The molecule has 2 unspecified atom stereocenters. The Balaban J connectivity index is 2.38. The van der Waals surface area contributed by atoms with Gasteiger partial charge in [0.05, 0.1) is 5.92 Å². The molecule has 3 heteroatoms. The monoisotopic (exact) mass is 212 g/mol. The maximum Gasteiger partial charge on any atom is 0.224 e. The lowest BCUT2D eigenvalue weighted by atomic mass is 9.80. The van der Waals surface area contributed by atoms with Crippen LogP contribution in [0.1, 0.15) is 40.0 Å². The molecule has 15 heavy (non-hydrogen) atoms. The maximum atomic E-state index is 11.9. The summed E-state index contributed by atoms with van der Waals surface area (Å²) < 4.78 is 0. The highest BCUT2D eigenvalue weighted by Gasteiger charge is 2.28. The summed E-state index contributed by atoms with van der Waals surface area (Å²) >= 11 is 0. The van der Waals surface area contributed by atoms with E-state index in [1.807, 2.05) is 13.8 Å². The second kappa shape index (κ2) is 5.50. The van der Waals surface area contributed by atoms with Gasteiger partial charge >= 0.3 is 0 Å². The van der Waals surface area contributed by atoms with Crippen molar-refractivity contribution < 1.29 is 4.79 Å². The Morgan fingerprint density at radius 1 is 1.40 bits per heavy atom. The van der Waals surface area contributed by atoms with Crippen LogP contribution in [0.3, 0.4) is 0 Å². The van der Waals surface area contributed by atoms with E-state index in [4.69, 9.17) is 5.73 Å². The average molecular weight is 212 g/mol. The molecule has 1 aliphatic rings. The van der Waals surface area contributed by atoms with Crippen molar-refractivity contribution >= 4 is 5.91 Å². The van der Waals surface area contributed by atoms with Gasteiger partial charge in [-0.2, -0.15) is 0 Å². The van der Waals surface area contributed by atoms with Gasteiger partial charge in [-0.25, -0.2) is 0 Å². The zero-order valence-electron chi connectivity index (χ0n) is 10.1. The summed E-state index contributed by atoms with van der Waals surface area (Å²) in [6.45, 7) is 6.65. The van der Waals surface area contributed by atoms with E-state index >= 15 is 0 Å². The van der Waals surface area contributed by atoms with Gasteiger partial charge in [0.15, 0.2) is 0 Å². The number of hydrogen-bond donors (Lipinski definition) is 2. The Labute approximate surface area is 92.8 Å². The van der Waals surface area contributed by atoms with E-state index in [0.717, 1.165) is 0 Å². The summed E-state index contributed by atoms with van der Waals surface area (Å²) in [5, 5.41) is 3.10. The molecular formula is C12H24N2O. The minimum absolute atomic E-state index is 0.0347. The molecule has 1 saturated carbocycles. The van der Waals surface area contributed by atoms with Crippen LogP contribution in [0.4, 0.5) is 0 Å². The normalized spacial score (nSPS) is 20.9.